The van der Waals surface area contributed by atoms with Gasteiger partial charge in [0.25, 0.3) is 0 Å². The van der Waals surface area contributed by atoms with Gasteiger partial charge in [-0.05, 0) is 14.0 Å². The number of rotatable bonds is 7. The molecule has 0 heterocycles. The smallest absolute Gasteiger partial charge is 0.401 e. The number of hydrogen-bond donors (Lipinski definition) is 1. The lowest BCUT2D eigenvalue weighted by Crippen LogP contribution is -2.29. The molecule has 1 N–H and O–H groups in total. The average molecular weight is 555 g/mol. The van der Waals surface area contributed by atoms with E-state index >= 15 is 0 Å². The summed E-state index contributed by atoms with van der Waals surface area (Å²) in [5.74, 6) is -14.2. The Labute approximate surface area is 182 Å². The molecule has 0 amide bonds. The van der Waals surface area contributed by atoms with Crippen molar-refractivity contribution in [1.82, 2.24) is 5.32 Å². The normalized spacial score (nSPS) is 14.4. The van der Waals surface area contributed by atoms with E-state index in [1.165, 1.54) is 0 Å². The van der Waals surface area contributed by atoms with Crippen LogP contribution in [0.15, 0.2) is 0 Å². The van der Waals surface area contributed by atoms with Crippen molar-refractivity contribution in [1.29, 1.82) is 0 Å². The third-order valence-electron chi connectivity index (χ3n) is 3.27. The zero-order chi connectivity index (χ0) is 27.8. The van der Waals surface area contributed by atoms with Crippen molar-refractivity contribution >= 4 is 0 Å². The molecule has 35 heavy (non-hydrogen) atoms. The molecule has 204 valence electrons. The third-order valence-corrected chi connectivity index (χ3v) is 3.27. The molecule has 21 heteroatoms. The van der Waals surface area contributed by atoms with Crippen LogP contribution in [0.4, 0.5) is 65.9 Å². The number of hydrogen-bond acceptors (Lipinski definition) is 6. The number of alkyl halides is 15. The van der Waals surface area contributed by atoms with E-state index < -0.39 is 72.2 Å². The molecular weight excluding hydrogens is 547 g/mol. The van der Waals surface area contributed by atoms with Crippen molar-refractivity contribution in [3.05, 3.63) is 5.56 Å². The van der Waals surface area contributed by atoms with Crippen molar-refractivity contribution in [3.63, 3.8) is 0 Å². The largest absolute Gasteiger partial charge is 0.573 e. The Morgan fingerprint density at radius 3 is 0.857 bits per heavy atom. The molecule has 6 nitrogen and oxygen atoms in total. The van der Waals surface area contributed by atoms with Crippen LogP contribution in [0.5, 0.6) is 28.7 Å². The molecule has 0 aliphatic heterocycles. The monoisotopic (exact) mass is 555 g/mol. The van der Waals surface area contributed by atoms with Crippen LogP contribution in [-0.4, -0.2) is 38.9 Å². The number of benzene rings is 1. The van der Waals surface area contributed by atoms with Gasteiger partial charge in [0.2, 0.25) is 17.2 Å². The lowest BCUT2D eigenvalue weighted by Gasteiger charge is -2.28. The Morgan fingerprint density at radius 2 is 0.657 bits per heavy atom. The van der Waals surface area contributed by atoms with Gasteiger partial charge in [-0.15, -0.1) is 65.9 Å². The minimum Gasteiger partial charge on any atom is -0.401 e. The van der Waals surface area contributed by atoms with E-state index in [4.69, 9.17) is 0 Å². The van der Waals surface area contributed by atoms with Gasteiger partial charge in [0.15, 0.2) is 11.5 Å². The summed E-state index contributed by atoms with van der Waals surface area (Å²) in [6.45, 7) is 0.556. The SMILES string of the molecule is CNC(C)c1c(OC(F)(F)F)c(OC(F)(F)F)c(OC(F)(F)F)c(OC(F)(F)F)c1OC(F)(F)F. The lowest BCUT2D eigenvalue weighted by molar-refractivity contribution is -0.300. The first-order valence-electron chi connectivity index (χ1n) is 8.03. The van der Waals surface area contributed by atoms with Crippen LogP contribution in [-0.2, 0) is 0 Å². The third kappa shape index (κ3) is 9.72. The molecule has 0 spiro atoms. The summed E-state index contributed by atoms with van der Waals surface area (Å²) in [6.07, 6.45) is -31.1. The molecule has 1 rings (SSSR count). The Bertz CT molecular complexity index is 828. The highest BCUT2D eigenvalue weighted by Gasteiger charge is 2.49. The Balaban J connectivity index is 4.43. The second-order valence-electron chi connectivity index (χ2n) is 5.81. The molecule has 0 fully saturated rings. The fourth-order valence-corrected chi connectivity index (χ4v) is 2.25. The first-order valence-corrected chi connectivity index (χ1v) is 8.03. The summed E-state index contributed by atoms with van der Waals surface area (Å²) >= 11 is 0. The highest BCUT2D eigenvalue weighted by Crippen LogP contribution is 2.60. The summed E-state index contributed by atoms with van der Waals surface area (Å²) in [4.78, 5) is 0. The van der Waals surface area contributed by atoms with Crippen molar-refractivity contribution < 1.29 is 89.5 Å². The van der Waals surface area contributed by atoms with Crippen LogP contribution in [0.2, 0.25) is 0 Å². The highest BCUT2D eigenvalue weighted by molar-refractivity contribution is 5.71. The van der Waals surface area contributed by atoms with E-state index in [2.05, 4.69) is 23.7 Å². The molecule has 0 aromatic heterocycles. The summed E-state index contributed by atoms with van der Waals surface area (Å²) in [6, 6.07) is -2.14. The average Bonchev–Trinajstić information content (AvgIpc) is 2.55. The zero-order valence-electron chi connectivity index (χ0n) is 16.3. The molecule has 0 bridgehead atoms. The fraction of sp³-hybridized carbons (Fsp3) is 0.571. The minimum atomic E-state index is -6.32. The van der Waals surface area contributed by atoms with Crippen LogP contribution in [0.3, 0.4) is 0 Å². The summed E-state index contributed by atoms with van der Waals surface area (Å²) in [5.41, 5.74) is -1.98. The molecule has 1 unspecified atom stereocenters. The van der Waals surface area contributed by atoms with Crippen LogP contribution >= 0.6 is 0 Å². The molecular formula is C14H8F15NO5. The van der Waals surface area contributed by atoms with Gasteiger partial charge in [-0.25, -0.2) is 0 Å². The summed E-state index contributed by atoms with van der Waals surface area (Å²) < 4.78 is 208. The maximum absolute atomic E-state index is 12.9. The Morgan fingerprint density at radius 1 is 0.457 bits per heavy atom. The van der Waals surface area contributed by atoms with Crippen LogP contribution in [0.1, 0.15) is 18.5 Å². The second kappa shape index (κ2) is 9.64. The van der Waals surface area contributed by atoms with Gasteiger partial charge in [0, 0.05) is 6.04 Å². The Kier molecular flexibility index (Phi) is 8.31. The summed E-state index contributed by atoms with van der Waals surface area (Å²) in [7, 11) is 0.730. The lowest BCUT2D eigenvalue weighted by atomic mass is 10.0. The topological polar surface area (TPSA) is 58.2 Å². The number of halogens is 15. The van der Waals surface area contributed by atoms with Gasteiger partial charge in [-0.3, -0.25) is 0 Å². The molecule has 1 aromatic rings. The van der Waals surface area contributed by atoms with Gasteiger partial charge in [-0.1, -0.05) is 0 Å². The van der Waals surface area contributed by atoms with Crippen LogP contribution in [0, 0.1) is 0 Å². The van der Waals surface area contributed by atoms with E-state index in [1.54, 1.807) is 0 Å². The van der Waals surface area contributed by atoms with Gasteiger partial charge >= 0.3 is 31.8 Å². The number of ether oxygens (including phenoxy) is 5. The number of nitrogens with one attached hydrogen (secondary N) is 1. The molecule has 0 aliphatic rings. The molecule has 0 aliphatic carbocycles. The quantitative estimate of drug-likeness (QED) is 0.390. The molecule has 1 atom stereocenters. The molecule has 0 radical (unpaired) electrons. The van der Waals surface area contributed by atoms with Gasteiger partial charge < -0.3 is 29.0 Å². The van der Waals surface area contributed by atoms with E-state index in [-0.39, 0.29) is 0 Å². The van der Waals surface area contributed by atoms with Crippen molar-refractivity contribution in [2.75, 3.05) is 7.05 Å². The van der Waals surface area contributed by atoms with E-state index in [1.807, 2.05) is 5.32 Å². The van der Waals surface area contributed by atoms with Gasteiger partial charge in [-0.2, -0.15) is 0 Å². The van der Waals surface area contributed by atoms with E-state index in [0.717, 1.165) is 7.05 Å². The fourth-order valence-electron chi connectivity index (χ4n) is 2.25. The van der Waals surface area contributed by atoms with Crippen molar-refractivity contribution in [2.45, 2.75) is 44.8 Å². The maximum atomic E-state index is 12.9. The zero-order valence-corrected chi connectivity index (χ0v) is 16.3. The predicted octanol–water partition coefficient (Wildman–Crippen LogP) is 6.46. The standard InChI is InChI=1S/C14H8F15NO5/c1-3(30-2)4-5(31-10(15,16)17)7(33-12(21,22)23)9(35-14(27,28)29)8(34-13(24,25)26)6(4)32-11(18,19)20/h3,30H,1-2H3. The maximum Gasteiger partial charge on any atom is 0.573 e. The van der Waals surface area contributed by atoms with Crippen molar-refractivity contribution in [3.8, 4) is 28.7 Å². The predicted molar refractivity (Wildman–Crippen MR) is 77.3 cm³/mol. The molecule has 0 saturated carbocycles. The van der Waals surface area contributed by atoms with Gasteiger partial charge in [0.05, 0.1) is 5.56 Å². The van der Waals surface area contributed by atoms with Crippen LogP contribution < -0.4 is 29.0 Å². The molecule has 0 saturated heterocycles. The first-order chi connectivity index (χ1) is 15.3. The first kappa shape index (κ1) is 30.2. The summed E-state index contributed by atoms with van der Waals surface area (Å²) in [5, 5.41) is 1.85. The van der Waals surface area contributed by atoms with Crippen LogP contribution in [0.25, 0.3) is 0 Å². The van der Waals surface area contributed by atoms with Gasteiger partial charge in [0.1, 0.15) is 0 Å². The minimum absolute atomic E-state index is 0.556. The van der Waals surface area contributed by atoms with E-state index in [9.17, 15) is 65.9 Å². The van der Waals surface area contributed by atoms with E-state index in [0.29, 0.717) is 6.92 Å². The highest BCUT2D eigenvalue weighted by atomic mass is 19.4. The second-order valence-corrected chi connectivity index (χ2v) is 5.81. The van der Waals surface area contributed by atoms with Crippen molar-refractivity contribution in [2.24, 2.45) is 0 Å². The molecule has 1 aromatic carbocycles. The Hall–Kier alpha value is -2.87.